The average molecular weight is 525 g/mol. The van der Waals surface area contributed by atoms with Crippen LogP contribution in [0.15, 0.2) is 78.9 Å². The number of rotatable bonds is 6. The fourth-order valence-electron chi connectivity index (χ4n) is 3.51. The summed E-state index contributed by atoms with van der Waals surface area (Å²) >= 11 is 6.46. The Balaban J connectivity index is 0.000000658. The normalized spacial score (nSPS) is 11.3. The molecule has 1 heterocycles. The first-order chi connectivity index (χ1) is 17.0. The number of hydrogen-bond donors (Lipinski definition) is 0. The van der Waals surface area contributed by atoms with Gasteiger partial charge in [0, 0.05) is 49.6 Å². The van der Waals surface area contributed by atoms with Gasteiger partial charge in [-0.05, 0) is 47.5 Å². The molecular weight excluding hydrogens is 496 g/mol. The number of anilines is 1. The zero-order chi connectivity index (χ0) is 26.3. The lowest BCUT2D eigenvalue weighted by atomic mass is 10.1. The van der Waals surface area contributed by atoms with Crippen molar-refractivity contribution in [3.8, 4) is 5.75 Å². The largest absolute Gasteiger partial charge is 0.748 e. The van der Waals surface area contributed by atoms with E-state index < -0.39 is 10.1 Å². The smallest absolute Gasteiger partial charge is 0.212 e. The van der Waals surface area contributed by atoms with Gasteiger partial charge in [0.1, 0.15) is 19.4 Å². The molecule has 0 saturated heterocycles. The third-order valence-electron chi connectivity index (χ3n) is 5.35. The highest BCUT2D eigenvalue weighted by Crippen LogP contribution is 2.27. The monoisotopic (exact) mass is 524 g/mol. The number of benzene rings is 3. The molecule has 0 bridgehead atoms. The van der Waals surface area contributed by atoms with Gasteiger partial charge in [0.05, 0.1) is 15.1 Å². The molecule has 0 aliphatic heterocycles. The van der Waals surface area contributed by atoms with Crippen LogP contribution in [-0.4, -0.2) is 33.3 Å². The highest BCUT2D eigenvalue weighted by Gasteiger charge is 2.11. The van der Waals surface area contributed by atoms with Gasteiger partial charge in [-0.15, -0.1) is 0 Å². The predicted molar refractivity (Wildman–Crippen MR) is 146 cm³/mol. The molecule has 188 valence electrons. The molecule has 3 aromatic carbocycles. The maximum Gasteiger partial charge on any atom is 0.212 e. The summed E-state index contributed by atoms with van der Waals surface area (Å²) in [6.45, 7) is 0.498. The molecule has 1 aromatic heterocycles. The molecule has 0 spiro atoms. The van der Waals surface area contributed by atoms with Crippen molar-refractivity contribution in [2.45, 2.75) is 6.61 Å². The highest BCUT2D eigenvalue weighted by atomic mass is 35.5. The van der Waals surface area contributed by atoms with Crippen molar-refractivity contribution in [3.63, 3.8) is 0 Å². The second kappa shape index (κ2) is 12.0. The van der Waals surface area contributed by atoms with E-state index in [1.54, 1.807) is 0 Å². The fraction of sp³-hybridized carbons (Fsp3) is 0.179. The Kier molecular flexibility index (Phi) is 9.09. The predicted octanol–water partition coefficient (Wildman–Crippen LogP) is 5.29. The van der Waals surface area contributed by atoms with E-state index in [1.165, 1.54) is 16.6 Å². The standard InChI is InChI=1S/C27H26ClN2O.CH4O3S/c1-29(2)24-14-15-26-22(18-24)11-13-23(30(26)3)12-9-20-10-16-27(25(28)17-20)31-19-21-7-5-4-6-8-21;1-5(2,3)4/h4-18H,19H2,1-3H3;1H3,(H,2,3,4)/q+1;/p-1. The summed E-state index contributed by atoms with van der Waals surface area (Å²) in [5.74, 6) is 0.690. The molecule has 0 unspecified atom stereocenters. The minimum atomic E-state index is -3.92. The van der Waals surface area contributed by atoms with E-state index in [0.717, 1.165) is 16.8 Å². The van der Waals surface area contributed by atoms with Gasteiger partial charge >= 0.3 is 0 Å². The third-order valence-corrected chi connectivity index (χ3v) is 5.64. The summed E-state index contributed by atoms with van der Waals surface area (Å²) in [6, 6.07) is 26.8. The Morgan fingerprint density at radius 1 is 0.972 bits per heavy atom. The Morgan fingerprint density at radius 3 is 2.31 bits per heavy atom. The van der Waals surface area contributed by atoms with Gasteiger partial charge in [0.25, 0.3) is 0 Å². The van der Waals surface area contributed by atoms with Crippen molar-refractivity contribution in [3.05, 3.63) is 101 Å². The highest BCUT2D eigenvalue weighted by molar-refractivity contribution is 7.84. The summed E-state index contributed by atoms with van der Waals surface area (Å²) in [5, 5.41) is 1.82. The molecule has 0 fully saturated rings. The van der Waals surface area contributed by atoms with Gasteiger partial charge in [0.2, 0.25) is 11.2 Å². The average Bonchev–Trinajstić information content (AvgIpc) is 2.82. The van der Waals surface area contributed by atoms with Crippen molar-refractivity contribution < 1.29 is 22.3 Å². The van der Waals surface area contributed by atoms with Crippen LogP contribution in [-0.2, 0) is 23.8 Å². The lowest BCUT2D eigenvalue weighted by Crippen LogP contribution is -2.32. The van der Waals surface area contributed by atoms with Crippen LogP contribution in [0.4, 0.5) is 5.69 Å². The molecule has 0 atom stereocenters. The Morgan fingerprint density at radius 2 is 1.67 bits per heavy atom. The molecule has 0 amide bonds. The third kappa shape index (κ3) is 8.09. The van der Waals surface area contributed by atoms with Gasteiger partial charge < -0.3 is 14.2 Å². The van der Waals surface area contributed by atoms with Gasteiger partial charge in [0.15, 0.2) is 0 Å². The van der Waals surface area contributed by atoms with Crippen molar-refractivity contribution in [1.29, 1.82) is 0 Å². The SMILES string of the molecule is CN(C)c1ccc2c(ccc(C=Cc3ccc(OCc4ccccc4)c(Cl)c3)[n+]2C)c1.CS(=O)(=O)[O-]. The van der Waals surface area contributed by atoms with Gasteiger partial charge in [-0.1, -0.05) is 48.0 Å². The molecule has 8 heteroatoms. The maximum atomic E-state index is 9.08. The van der Waals surface area contributed by atoms with Crippen LogP contribution in [0.5, 0.6) is 5.75 Å². The van der Waals surface area contributed by atoms with Crippen molar-refractivity contribution in [2.75, 3.05) is 25.3 Å². The van der Waals surface area contributed by atoms with E-state index in [1.807, 2.05) is 48.5 Å². The van der Waals surface area contributed by atoms with Gasteiger partial charge in [-0.3, -0.25) is 0 Å². The number of pyridine rings is 1. The Hall–Kier alpha value is -3.39. The number of halogens is 1. The van der Waals surface area contributed by atoms with Gasteiger partial charge in [-0.25, -0.2) is 8.42 Å². The zero-order valence-electron chi connectivity index (χ0n) is 20.7. The molecule has 6 nitrogen and oxygen atoms in total. The van der Waals surface area contributed by atoms with Crippen molar-refractivity contribution in [2.24, 2.45) is 7.05 Å². The fourth-order valence-corrected chi connectivity index (χ4v) is 3.75. The summed E-state index contributed by atoms with van der Waals surface area (Å²) in [5.41, 5.74) is 5.64. The van der Waals surface area contributed by atoms with Crippen LogP contribution in [0.2, 0.25) is 5.02 Å². The Labute approximate surface area is 217 Å². The van der Waals surface area contributed by atoms with E-state index in [2.05, 4.69) is 73.1 Å². The quantitative estimate of drug-likeness (QED) is 0.253. The lowest BCUT2D eigenvalue weighted by molar-refractivity contribution is -0.646. The molecule has 0 radical (unpaired) electrons. The molecule has 4 aromatic rings. The molecule has 0 aliphatic rings. The van der Waals surface area contributed by atoms with Crippen LogP contribution in [0.1, 0.15) is 16.8 Å². The first-order valence-electron chi connectivity index (χ1n) is 11.2. The minimum Gasteiger partial charge on any atom is -0.748 e. The maximum absolute atomic E-state index is 9.08. The second-order valence-electron chi connectivity index (χ2n) is 8.46. The number of aryl methyl sites for hydroxylation is 1. The van der Waals surface area contributed by atoms with E-state index in [-0.39, 0.29) is 0 Å². The molecule has 4 rings (SSSR count). The van der Waals surface area contributed by atoms with Crippen LogP contribution >= 0.6 is 11.6 Å². The first kappa shape index (κ1) is 27.2. The molecule has 0 saturated carbocycles. The minimum absolute atomic E-state index is 0.498. The van der Waals surface area contributed by atoms with E-state index in [0.29, 0.717) is 23.6 Å². The lowest BCUT2D eigenvalue weighted by Gasteiger charge is -2.12. The zero-order valence-corrected chi connectivity index (χ0v) is 22.3. The summed E-state index contributed by atoms with van der Waals surface area (Å²) in [7, 11) is 2.29. The van der Waals surface area contributed by atoms with Crippen LogP contribution in [0.3, 0.4) is 0 Å². The van der Waals surface area contributed by atoms with Crippen LogP contribution in [0, 0.1) is 0 Å². The number of aromatic nitrogens is 1. The number of hydrogen-bond acceptors (Lipinski definition) is 5. The first-order valence-corrected chi connectivity index (χ1v) is 13.4. The van der Waals surface area contributed by atoms with Crippen LogP contribution in [0.25, 0.3) is 23.1 Å². The summed E-state index contributed by atoms with van der Waals surface area (Å²) < 4.78 is 35.3. The Bertz CT molecular complexity index is 1460. The summed E-state index contributed by atoms with van der Waals surface area (Å²) in [4.78, 5) is 2.12. The van der Waals surface area contributed by atoms with Crippen LogP contribution < -0.4 is 14.2 Å². The topological polar surface area (TPSA) is 73.5 Å². The molecule has 36 heavy (non-hydrogen) atoms. The summed E-state index contributed by atoms with van der Waals surface area (Å²) in [6.07, 6.45) is 4.78. The van der Waals surface area contributed by atoms with E-state index in [9.17, 15) is 0 Å². The number of nitrogens with zero attached hydrogens (tertiary/aromatic N) is 2. The number of ether oxygens (including phenoxy) is 1. The van der Waals surface area contributed by atoms with Gasteiger partial charge in [-0.2, -0.15) is 4.57 Å². The molecule has 0 aliphatic carbocycles. The van der Waals surface area contributed by atoms with E-state index >= 15 is 0 Å². The molecule has 0 N–H and O–H groups in total. The number of fused-ring (bicyclic) bond motifs is 1. The molecular formula is C28H29ClN2O4S. The van der Waals surface area contributed by atoms with Crippen molar-refractivity contribution in [1.82, 2.24) is 0 Å². The van der Waals surface area contributed by atoms with E-state index in [4.69, 9.17) is 29.3 Å². The second-order valence-corrected chi connectivity index (χ2v) is 10.3. The van der Waals surface area contributed by atoms with Crippen molar-refractivity contribution >= 4 is 50.5 Å².